The van der Waals surface area contributed by atoms with E-state index in [4.69, 9.17) is 0 Å². The molecule has 0 atom stereocenters. The molecule has 3 rings (SSSR count). The fraction of sp³-hybridized carbons (Fsp3) is 0.786. The third-order valence-corrected chi connectivity index (χ3v) is 7.41. The van der Waals surface area contributed by atoms with Gasteiger partial charge in [0.25, 0.3) is 0 Å². The second-order valence-corrected chi connectivity index (χ2v) is 12.1. The molecule has 0 amide bonds. The first kappa shape index (κ1) is 21.9. The first-order valence-corrected chi connectivity index (χ1v) is 12.3. The van der Waals surface area contributed by atoms with Crippen molar-refractivity contribution in [1.82, 2.24) is 0 Å². The molecule has 0 heterocycles. The van der Waals surface area contributed by atoms with Gasteiger partial charge < -0.3 is 0 Å². The average Bonchev–Trinajstić information content (AvgIpc) is 2.62. The van der Waals surface area contributed by atoms with E-state index in [1.807, 2.05) is 0 Å². The van der Waals surface area contributed by atoms with Crippen LogP contribution >= 0.6 is 0 Å². The van der Waals surface area contributed by atoms with Gasteiger partial charge >= 0.3 is 0 Å². The van der Waals surface area contributed by atoms with E-state index in [1.54, 1.807) is 22.3 Å². The van der Waals surface area contributed by atoms with Gasteiger partial charge in [0.15, 0.2) is 0 Å². The van der Waals surface area contributed by atoms with Gasteiger partial charge in [-0.1, -0.05) is 118 Å². The van der Waals surface area contributed by atoms with E-state index in [2.05, 4.69) is 53.7 Å². The zero-order valence-corrected chi connectivity index (χ0v) is 19.8. The predicted molar refractivity (Wildman–Crippen MR) is 124 cm³/mol. The van der Waals surface area contributed by atoms with Gasteiger partial charge in [-0.2, -0.15) is 0 Å². The summed E-state index contributed by atoms with van der Waals surface area (Å²) in [5, 5.41) is 0. The molecule has 0 bridgehead atoms. The Kier molecular flexibility index (Phi) is 6.99. The van der Waals surface area contributed by atoms with Gasteiger partial charge in [0.05, 0.1) is 0 Å². The molecule has 0 spiro atoms. The summed E-state index contributed by atoms with van der Waals surface area (Å²) in [5.74, 6) is 1.82. The Hall–Kier alpha value is -0.780. The summed E-state index contributed by atoms with van der Waals surface area (Å²) < 4.78 is 0. The highest BCUT2D eigenvalue weighted by Crippen LogP contribution is 2.39. The summed E-state index contributed by atoms with van der Waals surface area (Å²) in [6.07, 6.45) is 17.1. The highest BCUT2D eigenvalue weighted by Gasteiger charge is 2.27. The van der Waals surface area contributed by atoms with Crippen LogP contribution in [0.3, 0.4) is 0 Å². The maximum absolute atomic E-state index is 2.66. The Labute approximate surface area is 175 Å². The molecular formula is C28H46. The molecule has 0 saturated heterocycles. The maximum Gasteiger partial charge on any atom is -0.0129 e. The molecule has 2 aliphatic rings. The highest BCUT2D eigenvalue weighted by atomic mass is 14.3. The standard InChI is InChI=1S/C28H46/c1-27(2,3)25-19-24(18-22-15-11-8-12-16-22)26(28(4,5)6)20-23(25)17-21-13-9-7-10-14-21/h19-22H,7-18H2,1-6H3. The normalized spacial score (nSPS) is 20.5. The Morgan fingerprint density at radius 2 is 0.893 bits per heavy atom. The third kappa shape index (κ3) is 5.64. The predicted octanol–water partition coefficient (Wildman–Crippen LogP) is 8.53. The van der Waals surface area contributed by atoms with Crippen LogP contribution in [0.25, 0.3) is 0 Å². The van der Waals surface area contributed by atoms with Gasteiger partial charge in [-0.3, -0.25) is 0 Å². The number of hydrogen-bond acceptors (Lipinski definition) is 0. The van der Waals surface area contributed by atoms with E-state index in [0.29, 0.717) is 0 Å². The van der Waals surface area contributed by atoms with Crippen molar-refractivity contribution in [3.05, 3.63) is 34.4 Å². The van der Waals surface area contributed by atoms with Gasteiger partial charge in [-0.15, -0.1) is 0 Å². The molecule has 1 aromatic carbocycles. The Bertz CT molecular complexity index is 567. The van der Waals surface area contributed by atoms with Crippen molar-refractivity contribution < 1.29 is 0 Å². The summed E-state index contributed by atoms with van der Waals surface area (Å²) in [5.41, 5.74) is 7.07. The van der Waals surface area contributed by atoms with Crippen molar-refractivity contribution >= 4 is 0 Å². The van der Waals surface area contributed by atoms with Gasteiger partial charge in [0.2, 0.25) is 0 Å². The quantitative estimate of drug-likeness (QED) is 0.489. The van der Waals surface area contributed by atoms with Crippen LogP contribution in [0.2, 0.25) is 0 Å². The molecule has 0 nitrogen and oxygen atoms in total. The lowest BCUT2D eigenvalue weighted by molar-refractivity contribution is 0.351. The second kappa shape index (κ2) is 8.93. The van der Waals surface area contributed by atoms with Crippen molar-refractivity contribution in [1.29, 1.82) is 0 Å². The van der Waals surface area contributed by atoms with Crippen LogP contribution in [0.15, 0.2) is 12.1 Å². The van der Waals surface area contributed by atoms with E-state index in [9.17, 15) is 0 Å². The minimum Gasteiger partial charge on any atom is -0.0561 e. The fourth-order valence-electron chi connectivity index (χ4n) is 5.83. The zero-order chi connectivity index (χ0) is 20.4. The summed E-state index contributed by atoms with van der Waals surface area (Å²) in [4.78, 5) is 0. The van der Waals surface area contributed by atoms with Gasteiger partial charge in [-0.05, 0) is 57.8 Å². The van der Waals surface area contributed by atoms with E-state index < -0.39 is 0 Å². The molecule has 0 N–H and O–H groups in total. The van der Waals surface area contributed by atoms with Gasteiger partial charge in [0, 0.05) is 0 Å². The van der Waals surface area contributed by atoms with Crippen molar-refractivity contribution in [3.63, 3.8) is 0 Å². The highest BCUT2D eigenvalue weighted by molar-refractivity contribution is 5.45. The number of benzene rings is 1. The lowest BCUT2D eigenvalue weighted by atomic mass is 9.72. The molecule has 2 saturated carbocycles. The van der Waals surface area contributed by atoms with Crippen LogP contribution in [0, 0.1) is 11.8 Å². The number of rotatable bonds is 4. The molecule has 158 valence electrons. The van der Waals surface area contributed by atoms with E-state index in [-0.39, 0.29) is 10.8 Å². The van der Waals surface area contributed by atoms with Gasteiger partial charge in [0.1, 0.15) is 0 Å². The van der Waals surface area contributed by atoms with Crippen LogP contribution in [-0.4, -0.2) is 0 Å². The van der Waals surface area contributed by atoms with E-state index >= 15 is 0 Å². The van der Waals surface area contributed by atoms with Crippen molar-refractivity contribution in [2.45, 2.75) is 129 Å². The second-order valence-electron chi connectivity index (χ2n) is 12.1. The monoisotopic (exact) mass is 382 g/mol. The van der Waals surface area contributed by atoms with E-state index in [0.717, 1.165) is 11.8 Å². The van der Waals surface area contributed by atoms with Crippen LogP contribution in [0.4, 0.5) is 0 Å². The minimum absolute atomic E-state index is 0.238. The first-order chi connectivity index (χ1) is 13.1. The first-order valence-electron chi connectivity index (χ1n) is 12.3. The topological polar surface area (TPSA) is 0 Å². The van der Waals surface area contributed by atoms with Crippen molar-refractivity contribution in [2.75, 3.05) is 0 Å². The smallest absolute Gasteiger partial charge is 0.0129 e. The molecule has 0 aromatic heterocycles. The fourth-order valence-corrected chi connectivity index (χ4v) is 5.83. The zero-order valence-electron chi connectivity index (χ0n) is 19.8. The average molecular weight is 383 g/mol. The maximum atomic E-state index is 2.66. The summed E-state index contributed by atoms with van der Waals surface area (Å²) in [7, 11) is 0. The largest absolute Gasteiger partial charge is 0.0561 e. The number of hydrogen-bond donors (Lipinski definition) is 0. The van der Waals surface area contributed by atoms with Gasteiger partial charge in [-0.25, -0.2) is 0 Å². The molecule has 2 aliphatic carbocycles. The molecular weight excluding hydrogens is 336 g/mol. The Morgan fingerprint density at radius 3 is 1.18 bits per heavy atom. The van der Waals surface area contributed by atoms with Crippen molar-refractivity contribution in [2.24, 2.45) is 11.8 Å². The van der Waals surface area contributed by atoms with Crippen LogP contribution in [0.5, 0.6) is 0 Å². The van der Waals surface area contributed by atoms with Crippen LogP contribution < -0.4 is 0 Å². The summed E-state index contributed by atoms with van der Waals surface area (Å²) in [6, 6.07) is 5.32. The Balaban J connectivity index is 1.98. The van der Waals surface area contributed by atoms with Crippen LogP contribution in [0.1, 0.15) is 128 Å². The SMILES string of the molecule is CC(C)(C)c1cc(CC2CCCCC2)c(C(C)(C)C)cc1CC1CCCCC1. The molecule has 0 heteroatoms. The molecule has 28 heavy (non-hydrogen) atoms. The lowest BCUT2D eigenvalue weighted by Crippen LogP contribution is -2.23. The summed E-state index contributed by atoms with van der Waals surface area (Å²) >= 11 is 0. The minimum atomic E-state index is 0.238. The third-order valence-electron chi connectivity index (χ3n) is 7.41. The Morgan fingerprint density at radius 1 is 0.571 bits per heavy atom. The molecule has 1 aromatic rings. The lowest BCUT2D eigenvalue weighted by Gasteiger charge is -2.33. The molecule has 2 fully saturated rings. The molecule has 0 aliphatic heterocycles. The van der Waals surface area contributed by atoms with Crippen molar-refractivity contribution in [3.8, 4) is 0 Å². The summed E-state index contributed by atoms with van der Waals surface area (Å²) in [6.45, 7) is 14.5. The van der Waals surface area contributed by atoms with Crippen LogP contribution in [-0.2, 0) is 23.7 Å². The van der Waals surface area contributed by atoms with E-state index in [1.165, 1.54) is 77.0 Å². The molecule has 0 unspecified atom stereocenters. The molecule has 0 radical (unpaired) electrons.